The second-order valence-corrected chi connectivity index (χ2v) is 5.67. The molecule has 4 unspecified atom stereocenters. The summed E-state index contributed by atoms with van der Waals surface area (Å²) in [6.45, 7) is 9.16. The van der Waals surface area contributed by atoms with Crippen molar-refractivity contribution in [3.8, 4) is 0 Å². The zero-order valence-corrected chi connectivity index (χ0v) is 11.2. The third kappa shape index (κ3) is 2.25. The van der Waals surface area contributed by atoms with Crippen LogP contribution in [0, 0.1) is 17.3 Å². The number of ether oxygens (including phenoxy) is 2. The highest BCUT2D eigenvalue weighted by Gasteiger charge is 2.47. The molecular formula is C14H22O3. The molecule has 0 radical (unpaired) electrons. The molecular weight excluding hydrogens is 216 g/mol. The summed E-state index contributed by atoms with van der Waals surface area (Å²) in [5, 5.41) is 0. The molecule has 17 heavy (non-hydrogen) atoms. The smallest absolute Gasteiger partial charge is 0.302 e. The molecule has 2 rings (SSSR count). The van der Waals surface area contributed by atoms with Crippen LogP contribution < -0.4 is 0 Å². The molecule has 1 fully saturated rings. The van der Waals surface area contributed by atoms with Gasteiger partial charge in [-0.1, -0.05) is 18.6 Å². The molecule has 0 aromatic heterocycles. The molecule has 1 heterocycles. The highest BCUT2D eigenvalue weighted by molar-refractivity contribution is 5.65. The predicted octanol–water partition coefficient (Wildman–Crippen LogP) is 2.56. The molecule has 2 bridgehead atoms. The fourth-order valence-corrected chi connectivity index (χ4v) is 3.10. The second kappa shape index (κ2) is 4.45. The highest BCUT2D eigenvalue weighted by Crippen LogP contribution is 2.48. The first kappa shape index (κ1) is 12.6. The van der Waals surface area contributed by atoms with Crippen LogP contribution in [0.3, 0.4) is 0 Å². The predicted molar refractivity (Wildman–Crippen MR) is 65.5 cm³/mol. The number of esters is 1. The largest absolute Gasteiger partial charge is 0.465 e. The maximum Gasteiger partial charge on any atom is 0.302 e. The van der Waals surface area contributed by atoms with E-state index in [1.165, 1.54) is 12.5 Å². The summed E-state index contributed by atoms with van der Waals surface area (Å²) in [7, 11) is 0. The molecule has 0 saturated carbocycles. The normalized spacial score (nSPS) is 40.7. The molecule has 4 atom stereocenters. The molecule has 0 aromatic carbocycles. The van der Waals surface area contributed by atoms with Crippen molar-refractivity contribution in [3.63, 3.8) is 0 Å². The number of carbonyl (C=O) groups excluding carboxylic acids is 1. The van der Waals surface area contributed by atoms with Gasteiger partial charge in [-0.05, 0) is 26.2 Å². The van der Waals surface area contributed by atoms with Crippen LogP contribution in [0.25, 0.3) is 0 Å². The SMILES string of the molecule is CC(=O)OCC12COC(C)C(C1)C(C)=CC2C. The summed E-state index contributed by atoms with van der Waals surface area (Å²) >= 11 is 0. The van der Waals surface area contributed by atoms with Gasteiger partial charge in [0.25, 0.3) is 0 Å². The molecule has 0 spiro atoms. The van der Waals surface area contributed by atoms with Gasteiger partial charge in [0.2, 0.25) is 0 Å². The van der Waals surface area contributed by atoms with Gasteiger partial charge < -0.3 is 9.47 Å². The quantitative estimate of drug-likeness (QED) is 0.548. The van der Waals surface area contributed by atoms with Gasteiger partial charge in [-0.2, -0.15) is 0 Å². The summed E-state index contributed by atoms with van der Waals surface area (Å²) in [6, 6.07) is 0. The Morgan fingerprint density at radius 2 is 2.29 bits per heavy atom. The Hall–Kier alpha value is -0.830. The summed E-state index contributed by atoms with van der Waals surface area (Å²) in [6.07, 6.45) is 3.69. The van der Waals surface area contributed by atoms with Crippen LogP contribution in [-0.4, -0.2) is 25.3 Å². The van der Waals surface area contributed by atoms with Gasteiger partial charge >= 0.3 is 5.97 Å². The summed E-state index contributed by atoms with van der Waals surface area (Å²) in [5.74, 6) is 0.689. The molecule has 3 heteroatoms. The maximum absolute atomic E-state index is 11.0. The molecule has 96 valence electrons. The Morgan fingerprint density at radius 1 is 1.59 bits per heavy atom. The molecule has 0 N–H and O–H groups in total. The van der Waals surface area contributed by atoms with Crippen LogP contribution >= 0.6 is 0 Å². The van der Waals surface area contributed by atoms with Crippen LogP contribution in [0.4, 0.5) is 0 Å². The van der Waals surface area contributed by atoms with E-state index in [2.05, 4.69) is 26.8 Å². The number of allylic oxidation sites excluding steroid dienone is 1. The zero-order chi connectivity index (χ0) is 12.6. The highest BCUT2D eigenvalue weighted by atomic mass is 16.5. The third-order valence-corrected chi connectivity index (χ3v) is 4.45. The fraction of sp³-hybridized carbons (Fsp3) is 0.786. The van der Waals surface area contributed by atoms with Gasteiger partial charge in [-0.25, -0.2) is 0 Å². The Balaban J connectivity index is 2.19. The van der Waals surface area contributed by atoms with Crippen LogP contribution in [0.2, 0.25) is 0 Å². The first-order chi connectivity index (χ1) is 7.94. The molecule has 3 nitrogen and oxygen atoms in total. The Bertz CT molecular complexity index is 347. The van der Waals surface area contributed by atoms with Crippen molar-refractivity contribution >= 4 is 5.97 Å². The fourth-order valence-electron chi connectivity index (χ4n) is 3.10. The molecule has 1 aliphatic heterocycles. The van der Waals surface area contributed by atoms with Crippen molar-refractivity contribution in [1.82, 2.24) is 0 Å². The maximum atomic E-state index is 11.0. The van der Waals surface area contributed by atoms with E-state index in [-0.39, 0.29) is 17.5 Å². The Morgan fingerprint density at radius 3 is 2.94 bits per heavy atom. The molecule has 1 saturated heterocycles. The second-order valence-electron chi connectivity index (χ2n) is 5.67. The monoisotopic (exact) mass is 238 g/mol. The standard InChI is InChI=1S/C14H22O3/c1-9-5-10(2)14(8-17-12(4)15)6-13(9)11(3)16-7-14/h5,10-11,13H,6-8H2,1-4H3. The van der Waals surface area contributed by atoms with Crippen LogP contribution in [-0.2, 0) is 14.3 Å². The van der Waals surface area contributed by atoms with Crippen molar-refractivity contribution in [2.24, 2.45) is 17.3 Å². The van der Waals surface area contributed by atoms with E-state index in [1.54, 1.807) is 0 Å². The van der Waals surface area contributed by atoms with Crippen molar-refractivity contribution in [3.05, 3.63) is 11.6 Å². The molecule has 0 amide bonds. The van der Waals surface area contributed by atoms with E-state index < -0.39 is 0 Å². The first-order valence-corrected chi connectivity index (χ1v) is 6.38. The van der Waals surface area contributed by atoms with Crippen molar-refractivity contribution in [1.29, 1.82) is 0 Å². The molecule has 0 aromatic rings. The van der Waals surface area contributed by atoms with Gasteiger partial charge in [-0.3, -0.25) is 4.79 Å². The van der Waals surface area contributed by atoms with E-state index in [0.29, 0.717) is 25.0 Å². The minimum absolute atomic E-state index is 0.0116. The van der Waals surface area contributed by atoms with E-state index in [9.17, 15) is 4.79 Å². The third-order valence-electron chi connectivity index (χ3n) is 4.45. The van der Waals surface area contributed by atoms with Crippen molar-refractivity contribution in [2.75, 3.05) is 13.2 Å². The lowest BCUT2D eigenvalue weighted by molar-refractivity contribution is -0.159. The minimum atomic E-state index is -0.201. The minimum Gasteiger partial charge on any atom is -0.465 e. The van der Waals surface area contributed by atoms with Gasteiger partial charge in [0.1, 0.15) is 0 Å². The Kier molecular flexibility index (Phi) is 3.30. The van der Waals surface area contributed by atoms with Gasteiger partial charge in [0.15, 0.2) is 0 Å². The molecule has 1 aliphatic carbocycles. The summed E-state index contributed by atoms with van der Waals surface area (Å²) < 4.78 is 11.1. The van der Waals surface area contributed by atoms with Crippen LogP contribution in [0.15, 0.2) is 11.6 Å². The van der Waals surface area contributed by atoms with E-state index in [0.717, 1.165) is 6.42 Å². The lowest BCUT2D eigenvalue weighted by Crippen LogP contribution is -2.50. The van der Waals surface area contributed by atoms with Crippen molar-refractivity contribution in [2.45, 2.75) is 40.2 Å². The number of hydrogen-bond acceptors (Lipinski definition) is 3. The van der Waals surface area contributed by atoms with Gasteiger partial charge in [-0.15, -0.1) is 0 Å². The van der Waals surface area contributed by atoms with E-state index in [1.807, 2.05) is 0 Å². The van der Waals surface area contributed by atoms with Crippen LogP contribution in [0.1, 0.15) is 34.1 Å². The number of carbonyl (C=O) groups is 1. The van der Waals surface area contributed by atoms with Crippen molar-refractivity contribution < 1.29 is 14.3 Å². The average Bonchev–Trinajstić information content (AvgIpc) is 2.27. The first-order valence-electron chi connectivity index (χ1n) is 6.38. The number of rotatable bonds is 2. The number of hydrogen-bond donors (Lipinski definition) is 0. The average molecular weight is 238 g/mol. The topological polar surface area (TPSA) is 35.5 Å². The lowest BCUT2D eigenvalue weighted by atomic mass is 9.63. The van der Waals surface area contributed by atoms with E-state index >= 15 is 0 Å². The van der Waals surface area contributed by atoms with Gasteiger partial charge in [0.05, 0.1) is 19.3 Å². The van der Waals surface area contributed by atoms with Gasteiger partial charge in [0, 0.05) is 18.3 Å². The van der Waals surface area contributed by atoms with E-state index in [4.69, 9.17) is 9.47 Å². The molecule has 2 aliphatic rings. The summed E-state index contributed by atoms with van der Waals surface area (Å²) in [5.41, 5.74) is 1.41. The van der Waals surface area contributed by atoms with Crippen LogP contribution in [0.5, 0.6) is 0 Å². The Labute approximate surface area is 103 Å². The zero-order valence-electron chi connectivity index (χ0n) is 11.2. The number of fused-ring (bicyclic) bond motifs is 2. The summed E-state index contributed by atoms with van der Waals surface area (Å²) in [4.78, 5) is 11.0. The lowest BCUT2D eigenvalue weighted by Gasteiger charge is -2.49.